The van der Waals surface area contributed by atoms with E-state index in [0.29, 0.717) is 6.04 Å². The summed E-state index contributed by atoms with van der Waals surface area (Å²) in [6, 6.07) is 6.19. The monoisotopic (exact) mass is 384 g/mol. The number of pyridine rings is 1. The molecule has 1 aliphatic heterocycles. The zero-order valence-corrected chi connectivity index (χ0v) is 17.1. The van der Waals surface area contributed by atoms with Crippen LogP contribution in [0.15, 0.2) is 30.6 Å². The number of hydrogen-bond donors (Lipinski definition) is 1. The van der Waals surface area contributed by atoms with Crippen LogP contribution >= 0.6 is 0 Å². The predicted molar refractivity (Wildman–Crippen MR) is 108 cm³/mol. The normalized spacial score (nSPS) is 27.6. The van der Waals surface area contributed by atoms with Crippen LogP contribution in [0.4, 0.5) is 0 Å². The Labute approximate surface area is 167 Å². The van der Waals surface area contributed by atoms with E-state index >= 15 is 0 Å². The quantitative estimate of drug-likeness (QED) is 0.751. The van der Waals surface area contributed by atoms with Gasteiger partial charge in [0.25, 0.3) is 0 Å². The van der Waals surface area contributed by atoms with E-state index in [1.54, 1.807) is 6.20 Å². The summed E-state index contributed by atoms with van der Waals surface area (Å²) in [5.41, 5.74) is 1.15. The van der Waals surface area contributed by atoms with Gasteiger partial charge in [-0.2, -0.15) is 0 Å². The first-order chi connectivity index (χ1) is 13.7. The summed E-state index contributed by atoms with van der Waals surface area (Å²) < 4.78 is 12.3. The number of nitrogens with zero attached hydrogens (tertiary/aromatic N) is 3. The number of unbranched alkanes of at least 4 members (excludes halogenated alkanes) is 1. The largest absolute Gasteiger partial charge is 0.474 e. The summed E-state index contributed by atoms with van der Waals surface area (Å²) in [5.74, 6) is 1.82. The van der Waals surface area contributed by atoms with E-state index in [9.17, 15) is 0 Å². The van der Waals surface area contributed by atoms with Gasteiger partial charge in [-0.3, -0.25) is 4.90 Å². The van der Waals surface area contributed by atoms with Gasteiger partial charge in [-0.05, 0) is 31.7 Å². The molecule has 1 saturated carbocycles. The van der Waals surface area contributed by atoms with Crippen LogP contribution in [0.3, 0.4) is 0 Å². The molecule has 2 aliphatic rings. The minimum atomic E-state index is -0.0466. The Balaban J connectivity index is 1.43. The van der Waals surface area contributed by atoms with Crippen LogP contribution in [0.2, 0.25) is 0 Å². The number of imidazole rings is 1. The lowest BCUT2D eigenvalue weighted by molar-refractivity contribution is -0.0844. The molecule has 2 aromatic heterocycles. The zero-order valence-electron chi connectivity index (χ0n) is 17.1. The van der Waals surface area contributed by atoms with Gasteiger partial charge in [0.2, 0.25) is 5.88 Å². The molecule has 0 bridgehead atoms. The Kier molecular flexibility index (Phi) is 5.97. The highest BCUT2D eigenvalue weighted by Gasteiger charge is 2.51. The van der Waals surface area contributed by atoms with Crippen molar-refractivity contribution in [2.24, 2.45) is 0 Å². The van der Waals surface area contributed by atoms with E-state index in [2.05, 4.69) is 26.8 Å². The van der Waals surface area contributed by atoms with Crippen LogP contribution in [0.5, 0.6) is 5.88 Å². The molecular formula is C22H32N4O2. The van der Waals surface area contributed by atoms with Crippen molar-refractivity contribution in [1.82, 2.24) is 19.9 Å². The Hall–Kier alpha value is -1.92. The molecule has 0 spiro atoms. The molecule has 0 aromatic carbocycles. The van der Waals surface area contributed by atoms with Crippen LogP contribution < -0.4 is 4.74 Å². The van der Waals surface area contributed by atoms with Crippen molar-refractivity contribution in [2.45, 2.75) is 76.2 Å². The molecule has 4 rings (SSSR count). The summed E-state index contributed by atoms with van der Waals surface area (Å²) in [5, 5.41) is 0. The van der Waals surface area contributed by atoms with E-state index in [-0.39, 0.29) is 11.7 Å². The fourth-order valence-corrected chi connectivity index (χ4v) is 4.82. The number of fused-ring (bicyclic) bond motifs is 1. The molecule has 0 amide bonds. The van der Waals surface area contributed by atoms with Crippen molar-refractivity contribution in [2.75, 3.05) is 13.7 Å². The number of aromatic amines is 1. The number of methoxy groups -OCH3 is 1. The molecule has 0 radical (unpaired) electrons. The number of aryl methyl sites for hydroxylation is 1. The standard InChI is InChI=1S/C22H32N4O2/c1-3-4-7-20-24-15-17(25-20)16-26-13-11-22(27-2)10-9-18(14-19(22)26)28-21-8-5-6-12-23-21/h5-6,8,12,15,18-19H,3-4,7,9-11,13-14,16H2,1-2H3,(H,24,25)/t18-,19-,22+/m0/s1. The van der Waals surface area contributed by atoms with Gasteiger partial charge >= 0.3 is 0 Å². The molecule has 6 heteroatoms. The first-order valence-electron chi connectivity index (χ1n) is 10.6. The highest BCUT2D eigenvalue weighted by atomic mass is 16.5. The summed E-state index contributed by atoms with van der Waals surface area (Å²) in [4.78, 5) is 15.0. The Morgan fingerprint density at radius 1 is 1.29 bits per heavy atom. The Morgan fingerprint density at radius 3 is 3.00 bits per heavy atom. The Morgan fingerprint density at radius 2 is 2.21 bits per heavy atom. The third kappa shape index (κ3) is 4.08. The number of ether oxygens (including phenoxy) is 2. The number of nitrogens with one attached hydrogen (secondary N) is 1. The fraction of sp³-hybridized carbons (Fsp3) is 0.636. The maximum Gasteiger partial charge on any atom is 0.213 e. The predicted octanol–water partition coefficient (Wildman–Crippen LogP) is 3.74. The van der Waals surface area contributed by atoms with Crippen LogP contribution in [-0.2, 0) is 17.7 Å². The number of hydrogen-bond acceptors (Lipinski definition) is 5. The smallest absolute Gasteiger partial charge is 0.213 e. The van der Waals surface area contributed by atoms with Crippen molar-refractivity contribution in [3.05, 3.63) is 42.1 Å². The summed E-state index contributed by atoms with van der Waals surface area (Å²) in [6.45, 7) is 4.16. The first-order valence-corrected chi connectivity index (χ1v) is 10.6. The van der Waals surface area contributed by atoms with E-state index in [4.69, 9.17) is 9.47 Å². The molecule has 2 fully saturated rings. The third-order valence-corrected chi connectivity index (χ3v) is 6.40. The van der Waals surface area contributed by atoms with Crippen molar-refractivity contribution in [3.63, 3.8) is 0 Å². The first kappa shape index (κ1) is 19.4. The second kappa shape index (κ2) is 8.62. The molecule has 1 aliphatic carbocycles. The minimum Gasteiger partial charge on any atom is -0.474 e. The van der Waals surface area contributed by atoms with E-state index in [1.807, 2.05) is 31.5 Å². The highest BCUT2D eigenvalue weighted by Crippen LogP contribution is 2.43. The molecule has 3 atom stereocenters. The lowest BCUT2D eigenvalue weighted by Crippen LogP contribution is -2.52. The summed E-state index contributed by atoms with van der Waals surface area (Å²) in [6.07, 6.45) is 11.5. The van der Waals surface area contributed by atoms with Crippen molar-refractivity contribution in [3.8, 4) is 5.88 Å². The van der Waals surface area contributed by atoms with E-state index in [0.717, 1.165) is 56.9 Å². The van der Waals surface area contributed by atoms with Gasteiger partial charge in [0, 0.05) is 63.2 Å². The van der Waals surface area contributed by atoms with Crippen LogP contribution in [-0.4, -0.2) is 51.3 Å². The van der Waals surface area contributed by atoms with Crippen molar-refractivity contribution in [1.29, 1.82) is 0 Å². The molecular weight excluding hydrogens is 352 g/mol. The summed E-state index contributed by atoms with van der Waals surface area (Å²) >= 11 is 0. The molecule has 1 N–H and O–H groups in total. The number of H-pyrrole nitrogens is 1. The van der Waals surface area contributed by atoms with Crippen LogP contribution in [0.25, 0.3) is 0 Å². The molecule has 6 nitrogen and oxygen atoms in total. The molecule has 28 heavy (non-hydrogen) atoms. The van der Waals surface area contributed by atoms with Gasteiger partial charge in [0.05, 0.1) is 5.60 Å². The number of aromatic nitrogens is 3. The van der Waals surface area contributed by atoms with Crippen molar-refractivity contribution >= 4 is 0 Å². The topological polar surface area (TPSA) is 63.3 Å². The van der Waals surface area contributed by atoms with Gasteiger partial charge < -0.3 is 14.5 Å². The highest BCUT2D eigenvalue weighted by molar-refractivity contribution is 5.12. The third-order valence-electron chi connectivity index (χ3n) is 6.40. The van der Waals surface area contributed by atoms with E-state index < -0.39 is 0 Å². The van der Waals surface area contributed by atoms with Gasteiger partial charge in [0.1, 0.15) is 11.9 Å². The van der Waals surface area contributed by atoms with Crippen LogP contribution in [0, 0.1) is 0 Å². The zero-order chi connectivity index (χ0) is 19.4. The lowest BCUT2D eigenvalue weighted by atomic mass is 9.79. The Bertz CT molecular complexity index is 750. The molecule has 2 aromatic rings. The van der Waals surface area contributed by atoms with Gasteiger partial charge in [-0.25, -0.2) is 9.97 Å². The van der Waals surface area contributed by atoms with Crippen molar-refractivity contribution < 1.29 is 9.47 Å². The van der Waals surface area contributed by atoms with Gasteiger partial charge in [-0.1, -0.05) is 19.4 Å². The molecule has 3 heterocycles. The average molecular weight is 385 g/mol. The second-order valence-corrected chi connectivity index (χ2v) is 8.15. The van der Waals surface area contributed by atoms with Gasteiger partial charge in [-0.15, -0.1) is 0 Å². The minimum absolute atomic E-state index is 0.0466. The van der Waals surface area contributed by atoms with E-state index in [1.165, 1.54) is 18.5 Å². The lowest BCUT2D eigenvalue weighted by Gasteiger charge is -2.43. The summed E-state index contributed by atoms with van der Waals surface area (Å²) in [7, 11) is 1.87. The maximum absolute atomic E-state index is 6.19. The average Bonchev–Trinajstić information content (AvgIpc) is 3.33. The SMILES string of the molecule is CCCCc1ncc(CN2CC[C@]3(OC)CC[C@H](Oc4ccccn4)C[C@H]23)[nH]1. The number of rotatable bonds is 8. The maximum atomic E-state index is 6.19. The van der Waals surface area contributed by atoms with Crippen LogP contribution in [0.1, 0.15) is 57.0 Å². The number of likely N-dealkylation sites (tertiary alicyclic amines) is 1. The molecule has 0 unspecified atom stereocenters. The molecule has 1 saturated heterocycles. The van der Waals surface area contributed by atoms with Gasteiger partial charge in [0.15, 0.2) is 0 Å². The second-order valence-electron chi connectivity index (χ2n) is 8.15. The molecule has 152 valence electrons. The fourth-order valence-electron chi connectivity index (χ4n) is 4.82.